The number of rotatable bonds is 4. The smallest absolute Gasteiger partial charge is 0.134 e. The minimum atomic E-state index is 0.561. The van der Waals surface area contributed by atoms with Crippen LogP contribution in [0.4, 0.5) is 0 Å². The van der Waals surface area contributed by atoms with Gasteiger partial charge in [-0.1, -0.05) is 54.6 Å². The number of benzene rings is 3. The van der Waals surface area contributed by atoms with Crippen LogP contribution in [0.25, 0.3) is 33.7 Å². The van der Waals surface area contributed by atoms with Gasteiger partial charge in [0.2, 0.25) is 0 Å². The van der Waals surface area contributed by atoms with Crippen molar-refractivity contribution in [2.24, 2.45) is 0 Å². The van der Waals surface area contributed by atoms with Crippen LogP contribution in [0.1, 0.15) is 10.6 Å². The van der Waals surface area contributed by atoms with E-state index in [1.54, 1.807) is 7.11 Å². The van der Waals surface area contributed by atoms with Crippen LogP contribution in [-0.4, -0.2) is 12.1 Å². The number of allylic oxidation sites excluding steroid dienone is 1. The molecule has 0 N–H and O–H groups in total. The molecule has 0 saturated carbocycles. The monoisotopic (exact) mass is 368 g/mol. The standard InChI is InChI=1S/C23H16N2OS/c1-26-20-10-5-9-18(13-20)22-15-27-23(25-22)19(14-24)12-17-8-4-7-16-6-2-3-11-21(16)17/h2-13,15H,1H3/b19-12+. The first-order valence-corrected chi connectivity index (χ1v) is 9.36. The van der Waals surface area contributed by atoms with E-state index in [1.165, 1.54) is 11.3 Å². The molecule has 0 aliphatic rings. The summed E-state index contributed by atoms with van der Waals surface area (Å²) in [7, 11) is 1.65. The molecule has 0 bridgehead atoms. The molecule has 27 heavy (non-hydrogen) atoms. The first-order chi connectivity index (χ1) is 13.3. The van der Waals surface area contributed by atoms with Gasteiger partial charge in [0, 0.05) is 10.9 Å². The van der Waals surface area contributed by atoms with Gasteiger partial charge >= 0.3 is 0 Å². The summed E-state index contributed by atoms with van der Waals surface area (Å²) in [6.45, 7) is 0. The number of methoxy groups -OCH3 is 1. The van der Waals surface area contributed by atoms with Gasteiger partial charge in [-0.05, 0) is 34.5 Å². The van der Waals surface area contributed by atoms with Gasteiger partial charge in [0.05, 0.1) is 18.4 Å². The maximum absolute atomic E-state index is 9.70. The lowest BCUT2D eigenvalue weighted by atomic mass is 10.0. The molecule has 1 heterocycles. The average molecular weight is 368 g/mol. The van der Waals surface area contributed by atoms with Crippen molar-refractivity contribution in [3.63, 3.8) is 0 Å². The van der Waals surface area contributed by atoms with E-state index >= 15 is 0 Å². The van der Waals surface area contributed by atoms with Gasteiger partial charge in [-0.3, -0.25) is 0 Å². The average Bonchev–Trinajstić information content (AvgIpc) is 3.22. The van der Waals surface area contributed by atoms with Crippen molar-refractivity contribution in [2.45, 2.75) is 0 Å². The molecule has 0 spiro atoms. The summed E-state index contributed by atoms with van der Waals surface area (Å²) in [5, 5.41) is 14.7. The second kappa shape index (κ2) is 7.45. The SMILES string of the molecule is COc1cccc(-c2csc(/C(C#N)=C/c3cccc4ccccc34)n2)c1. The lowest BCUT2D eigenvalue weighted by Gasteiger charge is -2.03. The van der Waals surface area contributed by atoms with E-state index in [1.807, 2.05) is 60.0 Å². The lowest BCUT2D eigenvalue weighted by Crippen LogP contribution is -1.86. The molecule has 0 saturated heterocycles. The van der Waals surface area contributed by atoms with E-state index < -0.39 is 0 Å². The van der Waals surface area contributed by atoms with E-state index in [9.17, 15) is 5.26 Å². The van der Waals surface area contributed by atoms with Crippen molar-refractivity contribution >= 4 is 33.8 Å². The molecule has 3 nitrogen and oxygen atoms in total. The van der Waals surface area contributed by atoms with Gasteiger partial charge in [-0.15, -0.1) is 11.3 Å². The first kappa shape index (κ1) is 17.0. The zero-order chi connectivity index (χ0) is 18.6. The Kier molecular flexibility index (Phi) is 4.69. The fourth-order valence-electron chi connectivity index (χ4n) is 2.99. The highest BCUT2D eigenvalue weighted by atomic mass is 32.1. The summed E-state index contributed by atoms with van der Waals surface area (Å²) in [5.41, 5.74) is 3.39. The summed E-state index contributed by atoms with van der Waals surface area (Å²) in [4.78, 5) is 4.68. The molecule has 0 amide bonds. The Morgan fingerprint density at radius 2 is 1.89 bits per heavy atom. The molecule has 0 fully saturated rings. The number of hydrogen-bond acceptors (Lipinski definition) is 4. The van der Waals surface area contributed by atoms with Crippen LogP contribution in [-0.2, 0) is 0 Å². The number of aromatic nitrogens is 1. The number of hydrogen-bond donors (Lipinski definition) is 0. The normalized spacial score (nSPS) is 11.3. The van der Waals surface area contributed by atoms with E-state index in [0.29, 0.717) is 10.6 Å². The zero-order valence-corrected chi connectivity index (χ0v) is 15.5. The van der Waals surface area contributed by atoms with E-state index in [4.69, 9.17) is 4.74 Å². The quantitative estimate of drug-likeness (QED) is 0.413. The molecule has 4 heteroatoms. The number of ether oxygens (including phenoxy) is 1. The zero-order valence-electron chi connectivity index (χ0n) is 14.7. The third-order valence-electron chi connectivity index (χ3n) is 4.34. The first-order valence-electron chi connectivity index (χ1n) is 8.48. The van der Waals surface area contributed by atoms with Crippen molar-refractivity contribution in [1.82, 2.24) is 4.98 Å². The molecule has 0 aliphatic heterocycles. The molecular formula is C23H16N2OS. The van der Waals surface area contributed by atoms with Crippen LogP contribution in [0.5, 0.6) is 5.75 Å². The van der Waals surface area contributed by atoms with Gasteiger partial charge in [0.1, 0.15) is 16.8 Å². The van der Waals surface area contributed by atoms with Crippen LogP contribution in [0, 0.1) is 11.3 Å². The van der Waals surface area contributed by atoms with E-state index in [2.05, 4.69) is 29.3 Å². The van der Waals surface area contributed by atoms with Gasteiger partial charge in [-0.25, -0.2) is 4.98 Å². The van der Waals surface area contributed by atoms with E-state index in [0.717, 1.165) is 33.3 Å². The Hall–Kier alpha value is -3.42. The summed E-state index contributed by atoms with van der Waals surface area (Å²) in [5.74, 6) is 0.786. The summed E-state index contributed by atoms with van der Waals surface area (Å²) in [6, 6.07) is 24.3. The van der Waals surface area contributed by atoms with Gasteiger partial charge in [0.15, 0.2) is 0 Å². The Balaban J connectivity index is 1.74. The summed E-state index contributed by atoms with van der Waals surface area (Å²) < 4.78 is 5.28. The van der Waals surface area contributed by atoms with Crippen LogP contribution < -0.4 is 4.74 Å². The fraction of sp³-hybridized carbons (Fsp3) is 0.0435. The van der Waals surface area contributed by atoms with Gasteiger partial charge < -0.3 is 4.74 Å². The molecule has 4 aromatic rings. The molecule has 1 aromatic heterocycles. The Labute approximate surface area is 161 Å². The topological polar surface area (TPSA) is 45.9 Å². The summed E-state index contributed by atoms with van der Waals surface area (Å²) >= 11 is 1.47. The Morgan fingerprint density at radius 1 is 1.07 bits per heavy atom. The van der Waals surface area contributed by atoms with Crippen molar-refractivity contribution < 1.29 is 4.74 Å². The van der Waals surface area contributed by atoms with Gasteiger partial charge in [0.25, 0.3) is 0 Å². The number of nitriles is 1. The van der Waals surface area contributed by atoms with Crippen molar-refractivity contribution in [1.29, 1.82) is 5.26 Å². The molecule has 130 valence electrons. The Bertz CT molecular complexity index is 1180. The van der Waals surface area contributed by atoms with Crippen LogP contribution in [0.2, 0.25) is 0 Å². The fourth-order valence-corrected chi connectivity index (χ4v) is 3.78. The highest BCUT2D eigenvalue weighted by Crippen LogP contribution is 2.30. The third kappa shape index (κ3) is 3.46. The molecule has 0 aliphatic carbocycles. The molecule has 4 rings (SSSR count). The van der Waals surface area contributed by atoms with Crippen molar-refractivity contribution in [3.05, 3.63) is 82.7 Å². The van der Waals surface area contributed by atoms with Crippen molar-refractivity contribution in [3.8, 4) is 23.1 Å². The van der Waals surface area contributed by atoms with Gasteiger partial charge in [-0.2, -0.15) is 5.26 Å². The number of thiazole rings is 1. The molecule has 0 radical (unpaired) electrons. The minimum absolute atomic E-state index is 0.561. The number of fused-ring (bicyclic) bond motifs is 1. The minimum Gasteiger partial charge on any atom is -0.497 e. The van der Waals surface area contributed by atoms with Crippen LogP contribution >= 0.6 is 11.3 Å². The predicted molar refractivity (Wildman–Crippen MR) is 112 cm³/mol. The third-order valence-corrected chi connectivity index (χ3v) is 5.22. The highest BCUT2D eigenvalue weighted by Gasteiger charge is 2.10. The lowest BCUT2D eigenvalue weighted by molar-refractivity contribution is 0.415. The molecule has 0 unspecified atom stereocenters. The molecule has 3 aromatic carbocycles. The second-order valence-corrected chi connectivity index (χ2v) is 6.87. The van der Waals surface area contributed by atoms with Crippen molar-refractivity contribution in [2.75, 3.05) is 7.11 Å². The van der Waals surface area contributed by atoms with Crippen LogP contribution in [0.15, 0.2) is 72.1 Å². The molecular weight excluding hydrogens is 352 g/mol. The number of nitrogens with zero attached hydrogens (tertiary/aromatic N) is 2. The summed E-state index contributed by atoms with van der Waals surface area (Å²) in [6.07, 6.45) is 1.91. The predicted octanol–water partition coefficient (Wildman–Crippen LogP) is 6.04. The van der Waals surface area contributed by atoms with Crippen LogP contribution in [0.3, 0.4) is 0 Å². The Morgan fingerprint density at radius 3 is 2.74 bits per heavy atom. The highest BCUT2D eigenvalue weighted by molar-refractivity contribution is 7.11. The van der Waals surface area contributed by atoms with E-state index in [-0.39, 0.29) is 0 Å². The largest absolute Gasteiger partial charge is 0.497 e. The maximum atomic E-state index is 9.70. The molecule has 0 atom stereocenters. The second-order valence-electron chi connectivity index (χ2n) is 6.01. The maximum Gasteiger partial charge on any atom is 0.134 e.